The molecule has 0 unspecified atom stereocenters. The molecule has 0 heterocycles. The number of rotatable bonds is 3. The molecule has 0 atom stereocenters. The summed E-state index contributed by atoms with van der Waals surface area (Å²) in [6.45, 7) is 0. The third kappa shape index (κ3) is 4.61. The van der Waals surface area contributed by atoms with Crippen LogP contribution < -0.4 is 0 Å². The summed E-state index contributed by atoms with van der Waals surface area (Å²) in [6.07, 6.45) is 0.453. The summed E-state index contributed by atoms with van der Waals surface area (Å²) in [7, 11) is -3.37. The molecule has 2 aromatic rings. The van der Waals surface area contributed by atoms with Gasteiger partial charge in [0.15, 0.2) is 0 Å². The van der Waals surface area contributed by atoms with Gasteiger partial charge in [0.2, 0.25) is 9.84 Å². The lowest BCUT2D eigenvalue weighted by molar-refractivity contribution is 0.605. The highest BCUT2D eigenvalue weighted by Crippen LogP contribution is 2.05. The Morgan fingerprint density at radius 1 is 0.789 bits per heavy atom. The summed E-state index contributed by atoms with van der Waals surface area (Å²) >= 11 is 0. The van der Waals surface area contributed by atoms with Crippen molar-refractivity contribution in [3.63, 3.8) is 0 Å². The Morgan fingerprint density at radius 3 is 1.89 bits per heavy atom. The van der Waals surface area contributed by atoms with Crippen LogP contribution in [0.2, 0.25) is 0 Å². The summed E-state index contributed by atoms with van der Waals surface area (Å²) in [4.78, 5) is 0. The van der Waals surface area contributed by atoms with Gasteiger partial charge in [-0.15, -0.1) is 0 Å². The van der Waals surface area contributed by atoms with Gasteiger partial charge in [-0.3, -0.25) is 0 Å². The molecule has 0 N–H and O–H groups in total. The van der Waals surface area contributed by atoms with E-state index in [1.807, 2.05) is 48.5 Å². The summed E-state index contributed by atoms with van der Waals surface area (Å²) in [5.41, 5.74) is 1.78. The molecule has 0 aliphatic carbocycles. The predicted molar refractivity (Wildman–Crippen MR) is 77.0 cm³/mol. The quantitative estimate of drug-likeness (QED) is 0.635. The fourth-order valence-corrected chi connectivity index (χ4v) is 2.67. The maximum atomic E-state index is 11.8. The van der Waals surface area contributed by atoms with E-state index in [2.05, 4.69) is 11.2 Å². The van der Waals surface area contributed by atoms with Gasteiger partial charge in [-0.25, -0.2) is 8.42 Å². The van der Waals surface area contributed by atoms with Gasteiger partial charge in [0, 0.05) is 11.7 Å². The predicted octanol–water partition coefficient (Wildman–Crippen LogP) is 2.81. The van der Waals surface area contributed by atoms with E-state index >= 15 is 0 Å². The summed E-state index contributed by atoms with van der Waals surface area (Å²) in [5, 5.41) is 2.38. The van der Waals surface area contributed by atoms with Gasteiger partial charge in [0.05, 0.1) is 5.75 Å². The van der Waals surface area contributed by atoms with Crippen molar-refractivity contribution in [2.24, 2.45) is 0 Å². The highest BCUT2D eigenvalue weighted by atomic mass is 32.2. The van der Waals surface area contributed by atoms with Crippen LogP contribution in [0.25, 0.3) is 0 Å². The number of hydrogen-bond acceptors (Lipinski definition) is 2. The van der Waals surface area contributed by atoms with E-state index < -0.39 is 9.84 Å². The highest BCUT2D eigenvalue weighted by molar-refractivity contribution is 7.95. The minimum absolute atomic E-state index is 0.0321. The molecule has 0 bridgehead atoms. The van der Waals surface area contributed by atoms with Crippen molar-refractivity contribution in [1.29, 1.82) is 0 Å². The SMILES string of the molecule is O=S(=O)(C#CCc1ccccc1)Cc1ccccc1. The van der Waals surface area contributed by atoms with Crippen molar-refractivity contribution < 1.29 is 8.42 Å². The monoisotopic (exact) mass is 270 g/mol. The Bertz CT molecular complexity index is 678. The van der Waals surface area contributed by atoms with Crippen molar-refractivity contribution in [3.8, 4) is 11.2 Å². The highest BCUT2D eigenvalue weighted by Gasteiger charge is 2.07. The molecule has 0 spiro atoms. The van der Waals surface area contributed by atoms with Gasteiger partial charge in [-0.1, -0.05) is 66.6 Å². The third-order valence-electron chi connectivity index (χ3n) is 2.56. The summed E-state index contributed by atoms with van der Waals surface area (Å²) < 4.78 is 23.6. The molecule has 0 saturated carbocycles. The van der Waals surface area contributed by atoms with Gasteiger partial charge in [0.1, 0.15) is 0 Å². The Morgan fingerprint density at radius 2 is 1.32 bits per heavy atom. The molecule has 2 nitrogen and oxygen atoms in total. The molecule has 96 valence electrons. The van der Waals surface area contributed by atoms with E-state index in [4.69, 9.17) is 0 Å². The van der Waals surface area contributed by atoms with Gasteiger partial charge < -0.3 is 0 Å². The normalized spacial score (nSPS) is 10.5. The average Bonchev–Trinajstić information content (AvgIpc) is 2.40. The van der Waals surface area contributed by atoms with Crippen LogP contribution in [0.3, 0.4) is 0 Å². The molecule has 0 aromatic heterocycles. The van der Waals surface area contributed by atoms with Crippen LogP contribution in [0.1, 0.15) is 11.1 Å². The molecule has 0 aliphatic heterocycles. The Balaban J connectivity index is 2.02. The van der Waals surface area contributed by atoms with E-state index in [0.29, 0.717) is 6.42 Å². The second-order valence-electron chi connectivity index (χ2n) is 4.19. The van der Waals surface area contributed by atoms with Crippen LogP contribution in [-0.4, -0.2) is 8.42 Å². The summed E-state index contributed by atoms with van der Waals surface area (Å²) in [6, 6.07) is 18.7. The fourth-order valence-electron chi connectivity index (χ4n) is 1.67. The number of sulfone groups is 1. The first-order chi connectivity index (χ1) is 9.16. The van der Waals surface area contributed by atoms with Gasteiger partial charge in [-0.05, 0) is 11.1 Å². The second kappa shape index (κ2) is 6.21. The van der Waals surface area contributed by atoms with E-state index in [9.17, 15) is 8.42 Å². The Kier molecular flexibility index (Phi) is 4.38. The third-order valence-corrected chi connectivity index (χ3v) is 3.73. The molecule has 0 radical (unpaired) electrons. The molecular formula is C16H14O2S. The van der Waals surface area contributed by atoms with Crippen LogP contribution in [0.15, 0.2) is 60.7 Å². The maximum Gasteiger partial charge on any atom is 0.220 e. The largest absolute Gasteiger partial charge is 0.220 e. The fraction of sp³-hybridized carbons (Fsp3) is 0.125. The molecule has 0 aliphatic rings. The first-order valence-corrected chi connectivity index (χ1v) is 7.61. The van der Waals surface area contributed by atoms with E-state index in [1.54, 1.807) is 12.1 Å². The zero-order valence-electron chi connectivity index (χ0n) is 10.4. The first kappa shape index (κ1) is 13.4. The lowest BCUT2D eigenvalue weighted by atomic mass is 10.2. The van der Waals surface area contributed by atoms with Crippen LogP contribution in [0, 0.1) is 11.2 Å². The van der Waals surface area contributed by atoms with Crippen molar-refractivity contribution in [1.82, 2.24) is 0 Å². The topological polar surface area (TPSA) is 34.1 Å². The van der Waals surface area contributed by atoms with Crippen LogP contribution in [0.4, 0.5) is 0 Å². The van der Waals surface area contributed by atoms with E-state index in [-0.39, 0.29) is 5.75 Å². The average molecular weight is 270 g/mol. The molecule has 19 heavy (non-hydrogen) atoms. The van der Waals surface area contributed by atoms with Crippen LogP contribution in [-0.2, 0) is 22.0 Å². The second-order valence-corrected chi connectivity index (χ2v) is 5.91. The van der Waals surface area contributed by atoms with Gasteiger partial charge >= 0.3 is 0 Å². The zero-order valence-corrected chi connectivity index (χ0v) is 11.2. The molecular weight excluding hydrogens is 256 g/mol. The lowest BCUT2D eigenvalue weighted by Gasteiger charge is -1.97. The standard InChI is InChI=1S/C16H14O2S/c17-19(18,14-16-10-5-2-6-11-16)13-7-12-15-8-3-1-4-9-15/h1-6,8-11H,12,14H2. The van der Waals surface area contributed by atoms with Crippen molar-refractivity contribution in [2.75, 3.05) is 0 Å². The summed E-state index contributed by atoms with van der Waals surface area (Å²) in [5.74, 6) is 2.69. The van der Waals surface area contributed by atoms with Crippen molar-refractivity contribution >= 4 is 9.84 Å². The van der Waals surface area contributed by atoms with Crippen molar-refractivity contribution in [2.45, 2.75) is 12.2 Å². The smallest absolute Gasteiger partial charge is 0.215 e. The van der Waals surface area contributed by atoms with Crippen LogP contribution >= 0.6 is 0 Å². The minimum Gasteiger partial charge on any atom is -0.215 e. The number of benzene rings is 2. The minimum atomic E-state index is -3.37. The molecule has 2 rings (SSSR count). The molecule has 2 aromatic carbocycles. The Labute approximate surface area is 114 Å². The first-order valence-electron chi connectivity index (χ1n) is 5.96. The zero-order chi connectivity index (χ0) is 13.6. The van der Waals surface area contributed by atoms with Gasteiger partial charge in [0.25, 0.3) is 0 Å². The van der Waals surface area contributed by atoms with E-state index in [0.717, 1.165) is 11.1 Å². The Hall–Kier alpha value is -2.05. The van der Waals surface area contributed by atoms with Crippen molar-refractivity contribution in [3.05, 3.63) is 71.8 Å². The molecule has 3 heteroatoms. The van der Waals surface area contributed by atoms with Crippen LogP contribution in [0.5, 0.6) is 0 Å². The molecule has 0 saturated heterocycles. The van der Waals surface area contributed by atoms with E-state index in [1.165, 1.54) is 0 Å². The molecule has 0 fully saturated rings. The molecule has 0 amide bonds. The van der Waals surface area contributed by atoms with Gasteiger partial charge in [-0.2, -0.15) is 0 Å². The maximum absolute atomic E-state index is 11.8. The number of hydrogen-bond donors (Lipinski definition) is 0. The lowest BCUT2D eigenvalue weighted by Crippen LogP contribution is -2.00.